The zero-order chi connectivity index (χ0) is 12.8. The molecule has 4 heteroatoms. The van der Waals surface area contributed by atoms with Crippen LogP contribution in [0, 0.1) is 5.82 Å². The zero-order valence-electron chi connectivity index (χ0n) is 10.7. The van der Waals surface area contributed by atoms with E-state index in [-0.39, 0.29) is 17.9 Å². The van der Waals surface area contributed by atoms with Gasteiger partial charge >= 0.3 is 0 Å². The number of methoxy groups -OCH3 is 1. The highest BCUT2D eigenvalue weighted by atomic mass is 19.1. The number of likely N-dealkylation sites (N-methyl/N-ethyl adjacent to an activating group) is 1. The van der Waals surface area contributed by atoms with Gasteiger partial charge in [0.2, 0.25) is 0 Å². The molecule has 0 aliphatic heterocycles. The van der Waals surface area contributed by atoms with Gasteiger partial charge in [-0.05, 0) is 20.0 Å². The minimum atomic E-state index is -0.174. The third-order valence-corrected chi connectivity index (χ3v) is 2.92. The molecule has 0 saturated heterocycles. The molecule has 0 radical (unpaired) electrons. The molecule has 1 aromatic rings. The second-order valence-corrected chi connectivity index (χ2v) is 4.35. The Morgan fingerprint density at radius 1 is 1.41 bits per heavy atom. The van der Waals surface area contributed by atoms with E-state index in [1.54, 1.807) is 19.2 Å². The van der Waals surface area contributed by atoms with E-state index < -0.39 is 0 Å². The molecule has 96 valence electrons. The monoisotopic (exact) mass is 240 g/mol. The maximum absolute atomic E-state index is 13.6. The molecule has 0 aliphatic carbocycles. The molecule has 2 N–H and O–H groups in total. The van der Waals surface area contributed by atoms with Gasteiger partial charge in [-0.2, -0.15) is 0 Å². The van der Waals surface area contributed by atoms with Gasteiger partial charge in [-0.1, -0.05) is 18.2 Å². The van der Waals surface area contributed by atoms with Crippen LogP contribution in [0.4, 0.5) is 4.39 Å². The summed E-state index contributed by atoms with van der Waals surface area (Å²) in [4.78, 5) is 2.03. The highest BCUT2D eigenvalue weighted by Crippen LogP contribution is 2.21. The molecule has 0 fully saturated rings. The Morgan fingerprint density at radius 3 is 2.65 bits per heavy atom. The summed E-state index contributed by atoms with van der Waals surface area (Å²) >= 11 is 0. The maximum Gasteiger partial charge on any atom is 0.127 e. The molecule has 3 nitrogen and oxygen atoms in total. The standard InChI is InChI=1S/C13H21FN2O/c1-10(12-6-4-5-7-13(12)14)16(2)8-11(15)9-17-3/h4-7,10-11H,8-9,15H2,1-3H3. The molecule has 0 spiro atoms. The molecule has 1 aromatic carbocycles. The number of halogens is 1. The fourth-order valence-corrected chi connectivity index (χ4v) is 1.85. The van der Waals surface area contributed by atoms with E-state index in [2.05, 4.69) is 0 Å². The van der Waals surface area contributed by atoms with Crippen molar-refractivity contribution in [1.29, 1.82) is 0 Å². The molecule has 2 atom stereocenters. The number of benzene rings is 1. The third-order valence-electron chi connectivity index (χ3n) is 2.92. The van der Waals surface area contributed by atoms with Gasteiger partial charge in [-0.25, -0.2) is 4.39 Å². The number of rotatable bonds is 6. The van der Waals surface area contributed by atoms with E-state index in [0.29, 0.717) is 18.7 Å². The molecule has 0 aromatic heterocycles. The van der Waals surface area contributed by atoms with Crippen molar-refractivity contribution < 1.29 is 9.13 Å². The minimum absolute atomic E-state index is 0.000828. The average molecular weight is 240 g/mol. The summed E-state index contributed by atoms with van der Waals surface area (Å²) in [7, 11) is 3.56. The second kappa shape index (κ2) is 6.69. The lowest BCUT2D eigenvalue weighted by molar-refractivity contribution is 0.149. The lowest BCUT2D eigenvalue weighted by Gasteiger charge is -2.27. The number of ether oxygens (including phenoxy) is 1. The van der Waals surface area contributed by atoms with Crippen LogP contribution in [0.1, 0.15) is 18.5 Å². The highest BCUT2D eigenvalue weighted by molar-refractivity contribution is 5.20. The Hall–Kier alpha value is -0.970. The smallest absolute Gasteiger partial charge is 0.127 e. The van der Waals surface area contributed by atoms with Crippen LogP contribution >= 0.6 is 0 Å². The summed E-state index contributed by atoms with van der Waals surface area (Å²) in [5.41, 5.74) is 6.57. The number of hydrogen-bond acceptors (Lipinski definition) is 3. The van der Waals surface area contributed by atoms with Crippen LogP contribution in [-0.4, -0.2) is 38.3 Å². The molecule has 0 saturated carbocycles. The van der Waals surface area contributed by atoms with E-state index in [1.807, 2.05) is 24.9 Å². The van der Waals surface area contributed by atoms with Gasteiger partial charge in [0.05, 0.1) is 6.61 Å². The van der Waals surface area contributed by atoms with E-state index in [0.717, 1.165) is 0 Å². The van der Waals surface area contributed by atoms with Gasteiger partial charge in [0.15, 0.2) is 0 Å². The van der Waals surface area contributed by atoms with Crippen LogP contribution in [0.15, 0.2) is 24.3 Å². The van der Waals surface area contributed by atoms with Crippen molar-refractivity contribution in [2.45, 2.75) is 19.0 Å². The Kier molecular flexibility index (Phi) is 5.55. The molecular weight excluding hydrogens is 219 g/mol. The predicted octanol–water partition coefficient (Wildman–Crippen LogP) is 1.79. The Bertz CT molecular complexity index is 346. The van der Waals surface area contributed by atoms with Gasteiger partial charge in [0.25, 0.3) is 0 Å². The van der Waals surface area contributed by atoms with Crippen LogP contribution in [0.25, 0.3) is 0 Å². The fourth-order valence-electron chi connectivity index (χ4n) is 1.85. The van der Waals surface area contributed by atoms with Gasteiger partial charge < -0.3 is 10.5 Å². The van der Waals surface area contributed by atoms with E-state index >= 15 is 0 Å². The third kappa shape index (κ3) is 4.07. The van der Waals surface area contributed by atoms with Gasteiger partial charge in [0, 0.05) is 31.3 Å². The molecule has 17 heavy (non-hydrogen) atoms. The van der Waals surface area contributed by atoms with E-state index in [4.69, 9.17) is 10.5 Å². The van der Waals surface area contributed by atoms with Crippen LogP contribution in [0.5, 0.6) is 0 Å². The van der Waals surface area contributed by atoms with Gasteiger partial charge in [0.1, 0.15) is 5.82 Å². The van der Waals surface area contributed by atoms with Crippen molar-refractivity contribution in [3.63, 3.8) is 0 Å². The normalized spacial score (nSPS) is 14.9. The van der Waals surface area contributed by atoms with Gasteiger partial charge in [-0.3, -0.25) is 4.90 Å². The maximum atomic E-state index is 13.6. The van der Waals surface area contributed by atoms with Crippen LogP contribution in [-0.2, 0) is 4.74 Å². The predicted molar refractivity (Wildman–Crippen MR) is 67.3 cm³/mol. The summed E-state index contributed by atoms with van der Waals surface area (Å²) < 4.78 is 18.6. The fraction of sp³-hybridized carbons (Fsp3) is 0.538. The number of hydrogen-bond donors (Lipinski definition) is 1. The summed E-state index contributed by atoms with van der Waals surface area (Å²) in [6, 6.07) is 6.77. The van der Waals surface area contributed by atoms with Crippen LogP contribution in [0.3, 0.4) is 0 Å². The molecule has 2 unspecified atom stereocenters. The first kappa shape index (κ1) is 14.1. The SMILES string of the molecule is COCC(N)CN(C)C(C)c1ccccc1F. The van der Waals surface area contributed by atoms with Crippen LogP contribution in [0.2, 0.25) is 0 Å². The number of nitrogens with zero attached hydrogens (tertiary/aromatic N) is 1. The Balaban J connectivity index is 2.63. The minimum Gasteiger partial charge on any atom is -0.383 e. The topological polar surface area (TPSA) is 38.5 Å². The van der Waals surface area contributed by atoms with Crippen molar-refractivity contribution in [2.24, 2.45) is 5.73 Å². The number of nitrogens with two attached hydrogens (primary N) is 1. The first-order valence-electron chi connectivity index (χ1n) is 5.75. The second-order valence-electron chi connectivity index (χ2n) is 4.35. The summed E-state index contributed by atoms with van der Waals surface area (Å²) in [6.07, 6.45) is 0. The Labute approximate surface area is 102 Å². The quantitative estimate of drug-likeness (QED) is 0.824. The van der Waals surface area contributed by atoms with Crippen LogP contribution < -0.4 is 5.73 Å². The lowest BCUT2D eigenvalue weighted by Crippen LogP contribution is -2.39. The molecule has 0 amide bonds. The molecule has 0 heterocycles. The first-order chi connectivity index (χ1) is 8.06. The van der Waals surface area contributed by atoms with Crippen molar-refractivity contribution in [3.05, 3.63) is 35.6 Å². The molecule has 0 bridgehead atoms. The summed E-state index contributed by atoms with van der Waals surface area (Å²) in [6.45, 7) is 3.15. The van der Waals surface area contributed by atoms with E-state index in [1.165, 1.54) is 6.07 Å². The first-order valence-corrected chi connectivity index (χ1v) is 5.75. The summed E-state index contributed by atoms with van der Waals surface area (Å²) in [5, 5.41) is 0. The van der Waals surface area contributed by atoms with Crippen molar-refractivity contribution in [3.8, 4) is 0 Å². The highest BCUT2D eigenvalue weighted by Gasteiger charge is 2.17. The van der Waals surface area contributed by atoms with Crippen molar-refractivity contribution in [2.75, 3.05) is 27.3 Å². The summed E-state index contributed by atoms with van der Waals surface area (Å²) in [5.74, 6) is -0.174. The largest absolute Gasteiger partial charge is 0.383 e. The van der Waals surface area contributed by atoms with Crippen molar-refractivity contribution >= 4 is 0 Å². The molecule has 1 rings (SSSR count). The average Bonchev–Trinajstić information content (AvgIpc) is 2.29. The van der Waals surface area contributed by atoms with Crippen molar-refractivity contribution in [1.82, 2.24) is 4.90 Å². The zero-order valence-corrected chi connectivity index (χ0v) is 10.7. The Morgan fingerprint density at radius 2 is 2.06 bits per heavy atom. The molecule has 0 aliphatic rings. The molecular formula is C13H21FN2O. The lowest BCUT2D eigenvalue weighted by atomic mass is 10.1. The van der Waals surface area contributed by atoms with Gasteiger partial charge in [-0.15, -0.1) is 0 Å². The van der Waals surface area contributed by atoms with E-state index in [9.17, 15) is 4.39 Å².